The number of anilines is 1. The molecule has 1 amide bonds. The molecule has 2 aromatic carbocycles. The van der Waals surface area contributed by atoms with Gasteiger partial charge in [-0.05, 0) is 37.1 Å². The van der Waals surface area contributed by atoms with Crippen LogP contribution in [0.25, 0.3) is 10.9 Å². The highest BCUT2D eigenvalue weighted by Crippen LogP contribution is 2.27. The van der Waals surface area contributed by atoms with E-state index in [0.29, 0.717) is 0 Å². The van der Waals surface area contributed by atoms with Crippen molar-refractivity contribution in [2.24, 2.45) is 0 Å². The van der Waals surface area contributed by atoms with E-state index in [1.807, 2.05) is 49.4 Å². The second-order valence-corrected chi connectivity index (χ2v) is 5.82. The maximum absolute atomic E-state index is 12.9. The molecular weight excluding hydrogens is 284 g/mol. The first-order valence-corrected chi connectivity index (χ1v) is 8.16. The van der Waals surface area contributed by atoms with Gasteiger partial charge in [0.2, 0.25) is 0 Å². The molecule has 0 spiro atoms. The number of benzene rings is 2. The summed E-state index contributed by atoms with van der Waals surface area (Å²) in [5.74, 6) is -0.0407. The lowest BCUT2D eigenvalue weighted by Gasteiger charge is -2.11. The fourth-order valence-corrected chi connectivity index (χ4v) is 3.03. The van der Waals surface area contributed by atoms with E-state index < -0.39 is 0 Å². The molecule has 0 aliphatic rings. The first-order chi connectivity index (χ1) is 11.2. The predicted octanol–water partition coefficient (Wildman–Crippen LogP) is 5.00. The van der Waals surface area contributed by atoms with Crippen LogP contribution >= 0.6 is 0 Å². The number of amides is 1. The van der Waals surface area contributed by atoms with Gasteiger partial charge in [0.1, 0.15) is 5.69 Å². The highest BCUT2D eigenvalue weighted by atomic mass is 16.2. The van der Waals surface area contributed by atoms with Crippen LogP contribution in [0.2, 0.25) is 0 Å². The molecule has 3 aromatic rings. The molecule has 0 radical (unpaired) electrons. The number of rotatable bonds is 5. The molecule has 1 N–H and O–H groups in total. The number of aryl methyl sites for hydroxylation is 2. The summed E-state index contributed by atoms with van der Waals surface area (Å²) in [5, 5.41) is 4.17. The quantitative estimate of drug-likeness (QED) is 0.707. The molecule has 1 aromatic heterocycles. The second-order valence-electron chi connectivity index (χ2n) is 5.82. The van der Waals surface area contributed by atoms with E-state index in [4.69, 9.17) is 0 Å². The Morgan fingerprint density at radius 1 is 1.04 bits per heavy atom. The molecule has 23 heavy (non-hydrogen) atoms. The van der Waals surface area contributed by atoms with Crippen LogP contribution in [0.3, 0.4) is 0 Å². The van der Waals surface area contributed by atoms with Gasteiger partial charge >= 0.3 is 0 Å². The maximum Gasteiger partial charge on any atom is 0.272 e. The number of carbonyl (C=O) groups excluding carboxylic acids is 1. The summed E-state index contributed by atoms with van der Waals surface area (Å²) in [6, 6.07) is 17.9. The van der Waals surface area contributed by atoms with Crippen molar-refractivity contribution in [3.05, 3.63) is 65.9 Å². The van der Waals surface area contributed by atoms with Gasteiger partial charge in [0.25, 0.3) is 5.91 Å². The van der Waals surface area contributed by atoms with E-state index in [-0.39, 0.29) is 5.91 Å². The van der Waals surface area contributed by atoms with Gasteiger partial charge in [-0.1, -0.05) is 49.7 Å². The van der Waals surface area contributed by atoms with E-state index >= 15 is 0 Å². The first kappa shape index (κ1) is 15.3. The highest BCUT2D eigenvalue weighted by molar-refractivity contribution is 6.08. The van der Waals surface area contributed by atoms with Crippen LogP contribution in [0.15, 0.2) is 54.6 Å². The zero-order valence-corrected chi connectivity index (χ0v) is 13.7. The summed E-state index contributed by atoms with van der Waals surface area (Å²) in [5.41, 5.74) is 3.77. The summed E-state index contributed by atoms with van der Waals surface area (Å²) in [7, 11) is 0. The second kappa shape index (κ2) is 6.69. The van der Waals surface area contributed by atoms with Crippen molar-refractivity contribution < 1.29 is 4.79 Å². The van der Waals surface area contributed by atoms with Crippen LogP contribution in [0.5, 0.6) is 0 Å². The van der Waals surface area contributed by atoms with Crippen LogP contribution in [0.4, 0.5) is 5.69 Å². The number of carbonyl (C=O) groups is 1. The molecule has 0 bridgehead atoms. The molecular formula is C20H22N2O. The summed E-state index contributed by atoms with van der Waals surface area (Å²) < 4.78 is 2.16. The SMILES string of the molecule is CCCCn1c(C(=O)Nc2ccccc2)c(C)c2ccccc21. The van der Waals surface area contributed by atoms with Gasteiger partial charge in [0, 0.05) is 23.1 Å². The van der Waals surface area contributed by atoms with Crippen molar-refractivity contribution in [3.8, 4) is 0 Å². The van der Waals surface area contributed by atoms with Crippen LogP contribution in [0, 0.1) is 6.92 Å². The van der Waals surface area contributed by atoms with E-state index in [0.717, 1.165) is 47.2 Å². The molecule has 0 saturated heterocycles. The Labute approximate surface area is 136 Å². The molecule has 1 heterocycles. The minimum absolute atomic E-state index is 0.0407. The van der Waals surface area contributed by atoms with Crippen molar-refractivity contribution in [2.45, 2.75) is 33.2 Å². The smallest absolute Gasteiger partial charge is 0.272 e. The molecule has 0 unspecified atom stereocenters. The van der Waals surface area contributed by atoms with Crippen LogP contribution in [0.1, 0.15) is 35.8 Å². The lowest BCUT2D eigenvalue weighted by atomic mass is 10.1. The van der Waals surface area contributed by atoms with Gasteiger partial charge in [0.05, 0.1) is 0 Å². The fraction of sp³-hybridized carbons (Fsp3) is 0.250. The van der Waals surface area contributed by atoms with Crippen molar-refractivity contribution in [3.63, 3.8) is 0 Å². The number of hydrogen-bond acceptors (Lipinski definition) is 1. The van der Waals surface area contributed by atoms with Crippen molar-refractivity contribution >= 4 is 22.5 Å². The van der Waals surface area contributed by atoms with Crippen LogP contribution in [-0.2, 0) is 6.54 Å². The average Bonchev–Trinajstić information content (AvgIpc) is 2.86. The fourth-order valence-electron chi connectivity index (χ4n) is 3.03. The maximum atomic E-state index is 12.9. The Kier molecular flexibility index (Phi) is 4.47. The molecule has 3 rings (SSSR count). The van der Waals surface area contributed by atoms with Crippen molar-refractivity contribution in [1.29, 1.82) is 0 Å². The Bertz CT molecular complexity index is 818. The predicted molar refractivity (Wildman–Crippen MR) is 96.0 cm³/mol. The number of unbranched alkanes of at least 4 members (excludes halogenated alkanes) is 1. The van der Waals surface area contributed by atoms with Crippen LogP contribution < -0.4 is 5.32 Å². The number of hydrogen-bond donors (Lipinski definition) is 1. The van der Waals surface area contributed by atoms with Gasteiger partial charge < -0.3 is 9.88 Å². The summed E-state index contributed by atoms with van der Waals surface area (Å²) in [6.07, 6.45) is 2.16. The lowest BCUT2D eigenvalue weighted by molar-refractivity contribution is 0.101. The Hall–Kier alpha value is -2.55. The molecule has 0 saturated carbocycles. The van der Waals surface area contributed by atoms with Gasteiger partial charge in [-0.25, -0.2) is 0 Å². The molecule has 0 fully saturated rings. The lowest BCUT2D eigenvalue weighted by Crippen LogP contribution is -2.18. The number of nitrogens with zero attached hydrogens (tertiary/aromatic N) is 1. The normalized spacial score (nSPS) is 10.9. The number of fused-ring (bicyclic) bond motifs is 1. The Morgan fingerprint density at radius 2 is 1.74 bits per heavy atom. The Balaban J connectivity index is 2.04. The largest absolute Gasteiger partial charge is 0.336 e. The zero-order chi connectivity index (χ0) is 16.2. The van der Waals surface area contributed by atoms with E-state index in [1.165, 1.54) is 0 Å². The number of para-hydroxylation sites is 2. The minimum Gasteiger partial charge on any atom is -0.336 e. The van der Waals surface area contributed by atoms with Crippen molar-refractivity contribution in [2.75, 3.05) is 5.32 Å². The van der Waals surface area contributed by atoms with Gasteiger partial charge in [-0.15, -0.1) is 0 Å². The van der Waals surface area contributed by atoms with Gasteiger partial charge in [-0.3, -0.25) is 4.79 Å². The van der Waals surface area contributed by atoms with Crippen LogP contribution in [-0.4, -0.2) is 10.5 Å². The third-order valence-electron chi connectivity index (χ3n) is 4.21. The third-order valence-corrected chi connectivity index (χ3v) is 4.21. The molecule has 118 valence electrons. The number of aromatic nitrogens is 1. The summed E-state index contributed by atoms with van der Waals surface area (Å²) >= 11 is 0. The first-order valence-electron chi connectivity index (χ1n) is 8.16. The minimum atomic E-state index is -0.0407. The summed E-state index contributed by atoms with van der Waals surface area (Å²) in [4.78, 5) is 12.9. The third kappa shape index (κ3) is 3.00. The van der Waals surface area contributed by atoms with E-state index in [2.05, 4.69) is 28.9 Å². The van der Waals surface area contributed by atoms with E-state index in [9.17, 15) is 4.79 Å². The summed E-state index contributed by atoms with van der Waals surface area (Å²) in [6.45, 7) is 5.06. The Morgan fingerprint density at radius 3 is 2.48 bits per heavy atom. The van der Waals surface area contributed by atoms with Gasteiger partial charge in [-0.2, -0.15) is 0 Å². The van der Waals surface area contributed by atoms with Crippen molar-refractivity contribution in [1.82, 2.24) is 4.57 Å². The highest BCUT2D eigenvalue weighted by Gasteiger charge is 2.19. The molecule has 3 nitrogen and oxygen atoms in total. The topological polar surface area (TPSA) is 34.0 Å². The molecule has 0 aliphatic carbocycles. The average molecular weight is 306 g/mol. The zero-order valence-electron chi connectivity index (χ0n) is 13.7. The molecule has 0 aliphatic heterocycles. The number of nitrogens with one attached hydrogen (secondary N) is 1. The monoisotopic (exact) mass is 306 g/mol. The molecule has 3 heteroatoms. The standard InChI is InChI=1S/C20H22N2O/c1-3-4-14-22-18-13-9-8-12-17(18)15(2)19(22)20(23)21-16-10-6-5-7-11-16/h5-13H,3-4,14H2,1-2H3,(H,21,23). The van der Waals surface area contributed by atoms with E-state index in [1.54, 1.807) is 0 Å². The molecule has 0 atom stereocenters. The van der Waals surface area contributed by atoms with Gasteiger partial charge in [0.15, 0.2) is 0 Å².